The van der Waals surface area contributed by atoms with Crippen LogP contribution in [-0.2, 0) is 4.79 Å². The standard InChI is InChI=1S/C19H26N2O3/c1-24-17-6-4-15(5-7-17)19(23)16-8-10-21(11-9-16)18(22)13-20-12-14-2-3-14/h4-7,14,16,20H,2-3,8-13H2,1H3. The van der Waals surface area contributed by atoms with Crippen molar-refractivity contribution in [1.29, 1.82) is 0 Å². The third-order valence-electron chi connectivity index (χ3n) is 5.00. The van der Waals surface area contributed by atoms with Gasteiger partial charge in [0.05, 0.1) is 13.7 Å². The molecule has 1 aliphatic heterocycles. The van der Waals surface area contributed by atoms with E-state index in [4.69, 9.17) is 4.74 Å². The number of likely N-dealkylation sites (tertiary alicyclic amines) is 1. The monoisotopic (exact) mass is 330 g/mol. The van der Waals surface area contributed by atoms with Crippen LogP contribution < -0.4 is 10.1 Å². The SMILES string of the molecule is COc1ccc(C(=O)C2CCN(C(=O)CNCC3CC3)CC2)cc1. The predicted octanol–water partition coefficient (Wildman–Crippen LogP) is 2.12. The largest absolute Gasteiger partial charge is 0.497 e. The Hall–Kier alpha value is -1.88. The van der Waals surface area contributed by atoms with Gasteiger partial charge in [0.15, 0.2) is 5.78 Å². The van der Waals surface area contributed by atoms with E-state index in [0.717, 1.165) is 36.6 Å². The third kappa shape index (κ3) is 4.35. The topological polar surface area (TPSA) is 58.6 Å². The Bertz CT molecular complexity index is 573. The van der Waals surface area contributed by atoms with Gasteiger partial charge in [-0.3, -0.25) is 9.59 Å². The lowest BCUT2D eigenvalue weighted by Crippen LogP contribution is -2.44. The maximum atomic E-state index is 12.6. The first kappa shape index (κ1) is 17.0. The van der Waals surface area contributed by atoms with Gasteiger partial charge in [0, 0.05) is 24.6 Å². The first-order chi connectivity index (χ1) is 11.7. The zero-order valence-corrected chi connectivity index (χ0v) is 14.3. The van der Waals surface area contributed by atoms with Gasteiger partial charge in [-0.25, -0.2) is 0 Å². The Balaban J connectivity index is 1.44. The fourth-order valence-corrected chi connectivity index (χ4v) is 3.20. The van der Waals surface area contributed by atoms with Crippen molar-refractivity contribution >= 4 is 11.7 Å². The number of benzene rings is 1. The van der Waals surface area contributed by atoms with Gasteiger partial charge < -0.3 is 15.0 Å². The number of nitrogens with zero attached hydrogens (tertiary/aromatic N) is 1. The van der Waals surface area contributed by atoms with Crippen LogP contribution in [0.25, 0.3) is 0 Å². The first-order valence-corrected chi connectivity index (χ1v) is 8.84. The zero-order chi connectivity index (χ0) is 16.9. The number of rotatable bonds is 7. The highest BCUT2D eigenvalue weighted by Gasteiger charge is 2.28. The molecule has 1 saturated heterocycles. The van der Waals surface area contributed by atoms with Crippen molar-refractivity contribution < 1.29 is 14.3 Å². The minimum absolute atomic E-state index is 0.0156. The van der Waals surface area contributed by atoms with Crippen molar-refractivity contribution in [2.24, 2.45) is 11.8 Å². The van der Waals surface area contributed by atoms with E-state index < -0.39 is 0 Å². The molecule has 5 nitrogen and oxygen atoms in total. The van der Waals surface area contributed by atoms with Crippen molar-refractivity contribution in [3.8, 4) is 5.75 Å². The molecule has 1 amide bonds. The molecule has 24 heavy (non-hydrogen) atoms. The summed E-state index contributed by atoms with van der Waals surface area (Å²) >= 11 is 0. The summed E-state index contributed by atoms with van der Waals surface area (Å²) in [6.45, 7) is 2.73. The number of piperidine rings is 1. The van der Waals surface area contributed by atoms with Gasteiger partial charge in [-0.1, -0.05) is 0 Å². The Morgan fingerprint density at radius 1 is 1.12 bits per heavy atom. The molecular formula is C19H26N2O3. The van der Waals surface area contributed by atoms with E-state index in [0.29, 0.717) is 19.6 Å². The highest BCUT2D eigenvalue weighted by atomic mass is 16.5. The van der Waals surface area contributed by atoms with Crippen molar-refractivity contribution in [1.82, 2.24) is 10.2 Å². The van der Waals surface area contributed by atoms with Crippen LogP contribution in [0, 0.1) is 11.8 Å². The van der Waals surface area contributed by atoms with Crippen molar-refractivity contribution in [2.75, 3.05) is 33.3 Å². The molecule has 0 unspecified atom stereocenters. The van der Waals surface area contributed by atoms with Crippen LogP contribution in [0.2, 0.25) is 0 Å². The van der Waals surface area contributed by atoms with E-state index in [1.807, 2.05) is 29.2 Å². The molecule has 0 bridgehead atoms. The minimum atomic E-state index is 0.0156. The second kappa shape index (κ2) is 7.79. The number of hydrogen-bond acceptors (Lipinski definition) is 4. The summed E-state index contributed by atoms with van der Waals surface area (Å²) < 4.78 is 5.12. The number of nitrogens with one attached hydrogen (secondary N) is 1. The Morgan fingerprint density at radius 2 is 1.79 bits per heavy atom. The predicted molar refractivity (Wildman–Crippen MR) is 92.2 cm³/mol. The molecule has 1 aromatic rings. The van der Waals surface area contributed by atoms with Gasteiger partial charge >= 0.3 is 0 Å². The zero-order valence-electron chi connectivity index (χ0n) is 14.3. The Morgan fingerprint density at radius 3 is 2.38 bits per heavy atom. The summed E-state index contributed by atoms with van der Waals surface area (Å²) in [5.41, 5.74) is 0.728. The van der Waals surface area contributed by atoms with Gasteiger partial charge in [-0.2, -0.15) is 0 Å². The lowest BCUT2D eigenvalue weighted by atomic mass is 9.89. The van der Waals surface area contributed by atoms with Crippen LogP contribution >= 0.6 is 0 Å². The molecule has 0 radical (unpaired) electrons. The highest BCUT2D eigenvalue weighted by molar-refractivity contribution is 5.98. The molecule has 130 valence electrons. The van der Waals surface area contributed by atoms with Gasteiger partial charge in [0.1, 0.15) is 5.75 Å². The number of Topliss-reactive ketones (excluding diaryl/α,β-unsaturated/α-hetero) is 1. The molecule has 3 rings (SSSR count). The van der Waals surface area contributed by atoms with Crippen molar-refractivity contribution in [2.45, 2.75) is 25.7 Å². The number of methoxy groups -OCH3 is 1. The van der Waals surface area contributed by atoms with E-state index in [9.17, 15) is 9.59 Å². The minimum Gasteiger partial charge on any atom is -0.497 e. The first-order valence-electron chi connectivity index (χ1n) is 8.84. The van der Waals surface area contributed by atoms with Gasteiger partial charge in [0.2, 0.25) is 5.91 Å². The summed E-state index contributed by atoms with van der Waals surface area (Å²) in [5, 5.41) is 3.25. The van der Waals surface area contributed by atoms with E-state index >= 15 is 0 Å². The summed E-state index contributed by atoms with van der Waals surface area (Å²) in [7, 11) is 1.61. The number of carbonyl (C=O) groups is 2. The van der Waals surface area contributed by atoms with Gasteiger partial charge in [-0.05, 0) is 62.4 Å². The molecule has 1 aromatic carbocycles. The van der Waals surface area contributed by atoms with E-state index in [-0.39, 0.29) is 17.6 Å². The number of carbonyl (C=O) groups excluding carboxylic acids is 2. The van der Waals surface area contributed by atoms with E-state index in [2.05, 4.69) is 5.32 Å². The number of hydrogen-bond donors (Lipinski definition) is 1. The summed E-state index contributed by atoms with van der Waals surface area (Å²) in [4.78, 5) is 26.6. The Labute approximate surface area is 143 Å². The molecule has 0 spiro atoms. The third-order valence-corrected chi connectivity index (χ3v) is 5.00. The Kier molecular flexibility index (Phi) is 5.51. The van der Waals surface area contributed by atoms with Crippen LogP contribution in [0.5, 0.6) is 5.75 Å². The average molecular weight is 330 g/mol. The van der Waals surface area contributed by atoms with Crippen LogP contribution in [0.15, 0.2) is 24.3 Å². The lowest BCUT2D eigenvalue weighted by molar-refractivity contribution is -0.131. The lowest BCUT2D eigenvalue weighted by Gasteiger charge is -2.31. The van der Waals surface area contributed by atoms with E-state index in [1.54, 1.807) is 7.11 Å². The van der Waals surface area contributed by atoms with Crippen LogP contribution in [0.4, 0.5) is 0 Å². The molecule has 2 aliphatic rings. The molecule has 0 atom stereocenters. The molecule has 2 fully saturated rings. The van der Waals surface area contributed by atoms with Gasteiger partial charge in [0.25, 0.3) is 0 Å². The van der Waals surface area contributed by atoms with Crippen LogP contribution in [0.1, 0.15) is 36.0 Å². The number of amides is 1. The van der Waals surface area contributed by atoms with Crippen LogP contribution in [-0.4, -0.2) is 49.9 Å². The summed E-state index contributed by atoms with van der Waals surface area (Å²) in [6, 6.07) is 7.27. The van der Waals surface area contributed by atoms with Crippen molar-refractivity contribution in [3.63, 3.8) is 0 Å². The maximum Gasteiger partial charge on any atom is 0.236 e. The second-order valence-corrected chi connectivity index (χ2v) is 6.82. The fraction of sp³-hybridized carbons (Fsp3) is 0.579. The molecular weight excluding hydrogens is 304 g/mol. The quantitative estimate of drug-likeness (QED) is 0.778. The normalized spacial score (nSPS) is 18.5. The van der Waals surface area contributed by atoms with Crippen LogP contribution in [0.3, 0.4) is 0 Å². The van der Waals surface area contributed by atoms with Gasteiger partial charge in [-0.15, -0.1) is 0 Å². The fourth-order valence-electron chi connectivity index (χ4n) is 3.20. The van der Waals surface area contributed by atoms with E-state index in [1.165, 1.54) is 12.8 Å². The second-order valence-electron chi connectivity index (χ2n) is 6.82. The smallest absolute Gasteiger partial charge is 0.236 e. The molecule has 5 heteroatoms. The van der Waals surface area contributed by atoms with Crippen molar-refractivity contribution in [3.05, 3.63) is 29.8 Å². The molecule has 1 N–H and O–H groups in total. The number of ketones is 1. The average Bonchev–Trinajstić information content (AvgIpc) is 3.45. The maximum absolute atomic E-state index is 12.6. The molecule has 1 saturated carbocycles. The summed E-state index contributed by atoms with van der Waals surface area (Å²) in [5.74, 6) is 1.89. The summed E-state index contributed by atoms with van der Waals surface area (Å²) in [6.07, 6.45) is 4.08. The number of ether oxygens (including phenoxy) is 1. The molecule has 1 heterocycles. The highest BCUT2D eigenvalue weighted by Crippen LogP contribution is 2.27. The molecule has 1 aliphatic carbocycles. The molecule has 0 aromatic heterocycles.